The Hall–Kier alpha value is -2.17. The first-order chi connectivity index (χ1) is 7.70. The SMILES string of the molecule is COc1cc(F)ccc1-c1cc(N)ncn1. The van der Waals surface area contributed by atoms with E-state index in [2.05, 4.69) is 9.97 Å². The van der Waals surface area contributed by atoms with Crippen molar-refractivity contribution < 1.29 is 9.13 Å². The van der Waals surface area contributed by atoms with Crippen molar-refractivity contribution in [1.82, 2.24) is 9.97 Å². The van der Waals surface area contributed by atoms with Gasteiger partial charge in [0.1, 0.15) is 23.7 Å². The summed E-state index contributed by atoms with van der Waals surface area (Å²) in [7, 11) is 1.48. The first-order valence-corrected chi connectivity index (χ1v) is 4.62. The monoisotopic (exact) mass is 219 g/mol. The summed E-state index contributed by atoms with van der Waals surface area (Å²) in [5.41, 5.74) is 6.83. The largest absolute Gasteiger partial charge is 0.496 e. The van der Waals surface area contributed by atoms with Crippen LogP contribution in [-0.2, 0) is 0 Å². The standard InChI is InChI=1S/C11H10FN3O/c1-16-10-4-7(12)2-3-8(10)9-5-11(13)15-6-14-9/h2-6H,1H3,(H2,13,14,15). The zero-order chi connectivity index (χ0) is 11.5. The minimum absolute atomic E-state index is 0.358. The van der Waals surface area contributed by atoms with Gasteiger partial charge < -0.3 is 10.5 Å². The van der Waals surface area contributed by atoms with Gasteiger partial charge in [0, 0.05) is 17.7 Å². The van der Waals surface area contributed by atoms with Gasteiger partial charge in [0.15, 0.2) is 0 Å². The number of ether oxygens (including phenoxy) is 1. The lowest BCUT2D eigenvalue weighted by Gasteiger charge is -2.07. The Morgan fingerprint density at radius 2 is 2.06 bits per heavy atom. The highest BCUT2D eigenvalue weighted by molar-refractivity contribution is 5.68. The maximum absolute atomic E-state index is 13.0. The molecule has 0 radical (unpaired) electrons. The lowest BCUT2D eigenvalue weighted by atomic mass is 10.1. The van der Waals surface area contributed by atoms with E-state index in [1.165, 1.54) is 25.6 Å². The summed E-state index contributed by atoms with van der Waals surface area (Å²) in [5, 5.41) is 0. The zero-order valence-corrected chi connectivity index (χ0v) is 8.64. The third-order valence-electron chi connectivity index (χ3n) is 2.13. The molecule has 0 aliphatic carbocycles. The fourth-order valence-corrected chi connectivity index (χ4v) is 1.40. The van der Waals surface area contributed by atoms with Crippen molar-refractivity contribution in [3.8, 4) is 17.0 Å². The molecule has 0 amide bonds. The second-order valence-electron chi connectivity index (χ2n) is 3.17. The molecule has 5 heteroatoms. The third-order valence-corrected chi connectivity index (χ3v) is 2.13. The van der Waals surface area contributed by atoms with Crippen LogP contribution >= 0.6 is 0 Å². The Morgan fingerprint density at radius 1 is 1.25 bits per heavy atom. The van der Waals surface area contributed by atoms with E-state index in [9.17, 15) is 4.39 Å². The average Bonchev–Trinajstić information content (AvgIpc) is 2.28. The molecule has 1 aromatic carbocycles. The molecule has 0 aliphatic heterocycles. The number of benzene rings is 1. The van der Waals surface area contributed by atoms with Gasteiger partial charge >= 0.3 is 0 Å². The number of anilines is 1. The number of nitrogens with zero attached hydrogens (tertiary/aromatic N) is 2. The van der Waals surface area contributed by atoms with Gasteiger partial charge in [-0.1, -0.05) is 0 Å². The molecular formula is C11H10FN3O. The molecule has 0 saturated carbocycles. The van der Waals surface area contributed by atoms with Gasteiger partial charge in [0.2, 0.25) is 0 Å². The van der Waals surface area contributed by atoms with E-state index in [0.717, 1.165) is 0 Å². The maximum atomic E-state index is 13.0. The van der Waals surface area contributed by atoms with E-state index < -0.39 is 0 Å². The van der Waals surface area contributed by atoms with Crippen LogP contribution < -0.4 is 10.5 Å². The van der Waals surface area contributed by atoms with E-state index >= 15 is 0 Å². The minimum Gasteiger partial charge on any atom is -0.496 e. The van der Waals surface area contributed by atoms with Crippen molar-refractivity contribution in [2.75, 3.05) is 12.8 Å². The topological polar surface area (TPSA) is 61.0 Å². The van der Waals surface area contributed by atoms with E-state index in [-0.39, 0.29) is 5.82 Å². The van der Waals surface area contributed by atoms with Crippen LogP contribution in [0.1, 0.15) is 0 Å². The smallest absolute Gasteiger partial charge is 0.131 e. The molecule has 82 valence electrons. The summed E-state index contributed by atoms with van der Waals surface area (Å²) in [6, 6.07) is 5.84. The Morgan fingerprint density at radius 3 is 2.75 bits per heavy atom. The summed E-state index contributed by atoms with van der Waals surface area (Å²) in [6.07, 6.45) is 1.35. The molecule has 0 saturated heterocycles. The van der Waals surface area contributed by atoms with Crippen LogP contribution in [0.15, 0.2) is 30.6 Å². The highest BCUT2D eigenvalue weighted by atomic mass is 19.1. The maximum Gasteiger partial charge on any atom is 0.131 e. The molecule has 0 fully saturated rings. The second kappa shape index (κ2) is 4.14. The van der Waals surface area contributed by atoms with Crippen LogP contribution in [-0.4, -0.2) is 17.1 Å². The Bertz CT molecular complexity index is 516. The quantitative estimate of drug-likeness (QED) is 0.837. The summed E-state index contributed by atoms with van der Waals surface area (Å²) < 4.78 is 18.1. The second-order valence-corrected chi connectivity index (χ2v) is 3.17. The van der Waals surface area contributed by atoms with Gasteiger partial charge in [-0.15, -0.1) is 0 Å². The Balaban J connectivity index is 2.55. The number of hydrogen-bond acceptors (Lipinski definition) is 4. The number of aromatic nitrogens is 2. The van der Waals surface area contributed by atoms with Crippen molar-refractivity contribution in [3.05, 3.63) is 36.4 Å². The predicted octanol–water partition coefficient (Wildman–Crippen LogP) is 1.87. The molecule has 2 rings (SSSR count). The van der Waals surface area contributed by atoms with E-state index in [4.69, 9.17) is 10.5 Å². The molecule has 0 spiro atoms. The molecule has 0 unspecified atom stereocenters. The van der Waals surface area contributed by atoms with Crippen LogP contribution in [0.25, 0.3) is 11.3 Å². The molecule has 4 nitrogen and oxygen atoms in total. The molecule has 2 N–H and O–H groups in total. The van der Waals surface area contributed by atoms with Crippen LogP contribution in [0, 0.1) is 5.82 Å². The van der Waals surface area contributed by atoms with E-state index in [1.807, 2.05) is 0 Å². The molecule has 2 aromatic rings. The van der Waals surface area contributed by atoms with Gasteiger partial charge in [-0.05, 0) is 12.1 Å². The number of nitrogens with two attached hydrogens (primary N) is 1. The van der Waals surface area contributed by atoms with Gasteiger partial charge in [-0.3, -0.25) is 0 Å². The van der Waals surface area contributed by atoms with Gasteiger partial charge in [-0.25, -0.2) is 14.4 Å². The Labute approximate surface area is 91.9 Å². The molecular weight excluding hydrogens is 209 g/mol. The van der Waals surface area contributed by atoms with Crippen molar-refractivity contribution in [2.24, 2.45) is 0 Å². The number of nitrogen functional groups attached to an aromatic ring is 1. The van der Waals surface area contributed by atoms with Crippen molar-refractivity contribution >= 4 is 5.82 Å². The number of rotatable bonds is 2. The summed E-state index contributed by atoms with van der Waals surface area (Å²) in [5.74, 6) is 0.414. The third kappa shape index (κ3) is 1.93. The van der Waals surface area contributed by atoms with E-state index in [0.29, 0.717) is 22.8 Å². The molecule has 16 heavy (non-hydrogen) atoms. The number of methoxy groups -OCH3 is 1. The van der Waals surface area contributed by atoms with Crippen molar-refractivity contribution in [3.63, 3.8) is 0 Å². The lowest BCUT2D eigenvalue weighted by Crippen LogP contribution is -1.95. The van der Waals surface area contributed by atoms with Gasteiger partial charge in [0.05, 0.1) is 12.8 Å². The number of halogens is 1. The van der Waals surface area contributed by atoms with Crippen molar-refractivity contribution in [1.29, 1.82) is 0 Å². The average molecular weight is 219 g/mol. The van der Waals surface area contributed by atoms with Crippen LogP contribution in [0.5, 0.6) is 5.75 Å². The highest BCUT2D eigenvalue weighted by Gasteiger charge is 2.08. The summed E-state index contributed by atoms with van der Waals surface area (Å²) >= 11 is 0. The predicted molar refractivity (Wildman–Crippen MR) is 58.4 cm³/mol. The fraction of sp³-hybridized carbons (Fsp3) is 0.0909. The molecule has 1 aromatic heterocycles. The number of hydrogen-bond donors (Lipinski definition) is 1. The summed E-state index contributed by atoms with van der Waals surface area (Å²) in [6.45, 7) is 0. The summed E-state index contributed by atoms with van der Waals surface area (Å²) in [4.78, 5) is 7.84. The lowest BCUT2D eigenvalue weighted by molar-refractivity contribution is 0.413. The molecule has 0 atom stereocenters. The highest BCUT2D eigenvalue weighted by Crippen LogP contribution is 2.29. The van der Waals surface area contributed by atoms with Crippen LogP contribution in [0.3, 0.4) is 0 Å². The zero-order valence-electron chi connectivity index (χ0n) is 8.64. The van der Waals surface area contributed by atoms with Crippen LogP contribution in [0.2, 0.25) is 0 Å². The molecule has 0 aliphatic rings. The molecule has 0 bridgehead atoms. The fourth-order valence-electron chi connectivity index (χ4n) is 1.40. The first kappa shape index (κ1) is 10.4. The van der Waals surface area contributed by atoms with Crippen LogP contribution in [0.4, 0.5) is 10.2 Å². The van der Waals surface area contributed by atoms with Gasteiger partial charge in [0.25, 0.3) is 0 Å². The van der Waals surface area contributed by atoms with Gasteiger partial charge in [-0.2, -0.15) is 0 Å². The normalized spacial score (nSPS) is 10.1. The Kier molecular flexibility index (Phi) is 2.68. The van der Waals surface area contributed by atoms with E-state index in [1.54, 1.807) is 12.1 Å². The minimum atomic E-state index is -0.359. The molecule has 1 heterocycles. The first-order valence-electron chi connectivity index (χ1n) is 4.62. The van der Waals surface area contributed by atoms with Crippen molar-refractivity contribution in [2.45, 2.75) is 0 Å².